The molecule has 0 bridgehead atoms. The van der Waals surface area contributed by atoms with Crippen molar-refractivity contribution in [2.45, 2.75) is 19.9 Å². The summed E-state index contributed by atoms with van der Waals surface area (Å²) in [6, 6.07) is 7.66. The number of piperazine rings is 1. The first kappa shape index (κ1) is 21.3. The van der Waals surface area contributed by atoms with Gasteiger partial charge in [0.2, 0.25) is 0 Å². The van der Waals surface area contributed by atoms with Crippen LogP contribution < -0.4 is 15.8 Å². The highest BCUT2D eigenvalue weighted by Gasteiger charge is 2.20. The van der Waals surface area contributed by atoms with E-state index in [0.717, 1.165) is 48.6 Å². The van der Waals surface area contributed by atoms with Crippen LogP contribution >= 0.6 is 0 Å². The van der Waals surface area contributed by atoms with E-state index in [-0.39, 0.29) is 11.1 Å². The third kappa shape index (κ3) is 4.00. The Bertz CT molecular complexity index is 1380. The molecule has 8 nitrogen and oxygen atoms in total. The van der Waals surface area contributed by atoms with Gasteiger partial charge >= 0.3 is 0 Å². The van der Waals surface area contributed by atoms with E-state index in [1.165, 1.54) is 0 Å². The summed E-state index contributed by atoms with van der Waals surface area (Å²) in [5.74, 6) is 0.374. The van der Waals surface area contributed by atoms with E-state index in [1.54, 1.807) is 18.3 Å². The number of nitrogens with zero attached hydrogens (tertiary/aromatic N) is 5. The molecule has 3 aromatic heterocycles. The van der Waals surface area contributed by atoms with E-state index in [1.807, 2.05) is 26.2 Å². The van der Waals surface area contributed by atoms with Gasteiger partial charge in [-0.25, -0.2) is 14.4 Å². The zero-order valence-electron chi connectivity index (χ0n) is 18.7. The van der Waals surface area contributed by atoms with E-state index in [0.29, 0.717) is 29.7 Å². The maximum absolute atomic E-state index is 15.1. The number of halogens is 1. The van der Waals surface area contributed by atoms with Crippen molar-refractivity contribution in [2.24, 2.45) is 0 Å². The van der Waals surface area contributed by atoms with Crippen molar-refractivity contribution in [1.29, 1.82) is 0 Å². The van der Waals surface area contributed by atoms with Gasteiger partial charge in [-0.2, -0.15) is 0 Å². The van der Waals surface area contributed by atoms with Crippen molar-refractivity contribution in [3.05, 3.63) is 64.1 Å². The average molecular weight is 448 g/mol. The number of hydrogen-bond acceptors (Lipinski definition) is 7. The molecule has 0 radical (unpaired) electrons. The molecule has 1 saturated heterocycles. The summed E-state index contributed by atoms with van der Waals surface area (Å²) in [7, 11) is 1.84. The first-order valence-corrected chi connectivity index (χ1v) is 11.2. The average Bonchev–Trinajstić information content (AvgIpc) is 2.85. The number of pyridine rings is 2. The minimum absolute atomic E-state index is 0.186. The normalized spacial score (nSPS) is 14.8. The van der Waals surface area contributed by atoms with Gasteiger partial charge in [0.25, 0.3) is 5.56 Å². The molecule has 170 valence electrons. The van der Waals surface area contributed by atoms with Gasteiger partial charge in [-0.1, -0.05) is 13.0 Å². The molecule has 0 unspecified atom stereocenters. The number of anilines is 2. The number of hydrogen-bond donors (Lipinski definition) is 2. The first-order valence-electron chi connectivity index (χ1n) is 11.2. The quantitative estimate of drug-likeness (QED) is 0.486. The van der Waals surface area contributed by atoms with Crippen molar-refractivity contribution in [2.75, 3.05) is 43.4 Å². The van der Waals surface area contributed by atoms with Crippen molar-refractivity contribution in [3.63, 3.8) is 0 Å². The van der Waals surface area contributed by atoms with Crippen molar-refractivity contribution >= 4 is 33.4 Å². The van der Waals surface area contributed by atoms with Crippen molar-refractivity contribution in [3.8, 4) is 0 Å². The van der Waals surface area contributed by atoms with E-state index < -0.39 is 5.82 Å². The van der Waals surface area contributed by atoms with Gasteiger partial charge in [-0.3, -0.25) is 14.7 Å². The molecule has 0 amide bonds. The Morgan fingerprint density at radius 1 is 1.15 bits per heavy atom. The molecule has 0 atom stereocenters. The number of benzene rings is 1. The lowest BCUT2D eigenvalue weighted by Gasteiger charge is -2.36. The van der Waals surface area contributed by atoms with Crippen LogP contribution in [0.4, 0.5) is 15.9 Å². The smallest absolute Gasteiger partial charge is 0.270 e. The van der Waals surface area contributed by atoms with E-state index in [9.17, 15) is 4.79 Å². The third-order valence-electron chi connectivity index (χ3n) is 6.24. The fourth-order valence-corrected chi connectivity index (χ4v) is 4.37. The van der Waals surface area contributed by atoms with Crippen LogP contribution in [0.2, 0.25) is 0 Å². The Morgan fingerprint density at radius 3 is 2.73 bits per heavy atom. The number of fused-ring (bicyclic) bond motifs is 2. The standard InChI is InChI=1S/C24H26FN7O/c1-3-18-24(33)30-22-19(29-18)5-4-16(20(22)25)14-31-8-10-32(11-9-31)17-12-15-6-7-27-23(26-2)21(15)28-13-17/h4-7,12-13H,3,8-11,14H2,1-2H3,(H,26,27)(H,30,33). The number of rotatable bonds is 5. The van der Waals surface area contributed by atoms with Crippen molar-refractivity contribution < 1.29 is 4.39 Å². The molecular formula is C24H26FN7O. The Kier molecular flexibility index (Phi) is 5.63. The molecule has 33 heavy (non-hydrogen) atoms. The number of aromatic nitrogens is 4. The highest BCUT2D eigenvalue weighted by atomic mass is 19.1. The number of nitrogens with one attached hydrogen (secondary N) is 2. The molecule has 0 spiro atoms. The Morgan fingerprint density at radius 2 is 1.97 bits per heavy atom. The lowest BCUT2D eigenvalue weighted by atomic mass is 10.1. The summed E-state index contributed by atoms with van der Waals surface area (Å²) < 4.78 is 15.1. The zero-order valence-corrected chi connectivity index (χ0v) is 18.7. The molecule has 2 N–H and O–H groups in total. The molecule has 0 aliphatic carbocycles. The Hall–Kier alpha value is -3.59. The summed E-state index contributed by atoms with van der Waals surface area (Å²) in [5.41, 5.74) is 3.26. The first-order chi connectivity index (χ1) is 16.1. The molecule has 4 aromatic rings. The van der Waals surface area contributed by atoms with Gasteiger partial charge in [0.1, 0.15) is 16.7 Å². The number of aryl methyl sites for hydroxylation is 1. The summed E-state index contributed by atoms with van der Waals surface area (Å²) in [4.78, 5) is 32.5. The molecule has 0 saturated carbocycles. The second kappa shape index (κ2) is 8.74. The van der Waals surface area contributed by atoms with Gasteiger partial charge in [0.05, 0.1) is 17.4 Å². The molecule has 1 aliphatic rings. The predicted octanol–water partition coefficient (Wildman–Crippen LogP) is 2.93. The highest BCUT2D eigenvalue weighted by molar-refractivity contribution is 5.89. The van der Waals surface area contributed by atoms with Gasteiger partial charge < -0.3 is 15.2 Å². The van der Waals surface area contributed by atoms with Gasteiger partial charge in [-0.15, -0.1) is 0 Å². The van der Waals surface area contributed by atoms with Crippen LogP contribution in [0.15, 0.2) is 41.5 Å². The lowest BCUT2D eigenvalue weighted by Crippen LogP contribution is -2.46. The zero-order chi connectivity index (χ0) is 22.9. The van der Waals surface area contributed by atoms with Crippen LogP contribution in [0.25, 0.3) is 21.9 Å². The highest BCUT2D eigenvalue weighted by Crippen LogP contribution is 2.25. The fraction of sp³-hybridized carbons (Fsp3) is 0.333. The maximum Gasteiger partial charge on any atom is 0.270 e. The molecule has 1 fully saturated rings. The molecule has 5 rings (SSSR count). The third-order valence-corrected chi connectivity index (χ3v) is 6.24. The monoisotopic (exact) mass is 447 g/mol. The van der Waals surface area contributed by atoms with E-state index in [4.69, 9.17) is 0 Å². The van der Waals surface area contributed by atoms with Crippen LogP contribution in [0, 0.1) is 5.82 Å². The number of H-pyrrole nitrogens is 1. The van der Waals surface area contributed by atoms with Gasteiger partial charge in [0, 0.05) is 56.9 Å². The fourth-order valence-electron chi connectivity index (χ4n) is 4.37. The molecule has 4 heterocycles. The maximum atomic E-state index is 15.1. The molecule has 9 heteroatoms. The van der Waals surface area contributed by atoms with Crippen LogP contribution in [-0.2, 0) is 13.0 Å². The van der Waals surface area contributed by atoms with E-state index >= 15 is 4.39 Å². The van der Waals surface area contributed by atoms with Crippen molar-refractivity contribution in [1.82, 2.24) is 24.8 Å². The second-order valence-electron chi connectivity index (χ2n) is 8.24. The van der Waals surface area contributed by atoms with Gasteiger partial charge in [0.15, 0.2) is 11.6 Å². The molecule has 1 aromatic carbocycles. The minimum Gasteiger partial charge on any atom is -0.371 e. The summed E-state index contributed by atoms with van der Waals surface area (Å²) >= 11 is 0. The van der Waals surface area contributed by atoms with Crippen LogP contribution in [0.3, 0.4) is 0 Å². The van der Waals surface area contributed by atoms with Gasteiger partial charge in [-0.05, 0) is 24.6 Å². The van der Waals surface area contributed by atoms with Crippen LogP contribution in [0.1, 0.15) is 18.2 Å². The second-order valence-corrected chi connectivity index (χ2v) is 8.24. The summed E-state index contributed by atoms with van der Waals surface area (Å²) in [5, 5.41) is 4.12. The lowest BCUT2D eigenvalue weighted by molar-refractivity contribution is 0.247. The summed E-state index contributed by atoms with van der Waals surface area (Å²) in [6.07, 6.45) is 4.18. The molecular weight excluding hydrogens is 421 g/mol. The Balaban J connectivity index is 1.30. The SMILES string of the molecule is CCc1nc2ccc(CN3CCN(c4cnc5c(NC)nccc5c4)CC3)c(F)c2[nH]c1=O. The topological polar surface area (TPSA) is 90.0 Å². The number of aromatic amines is 1. The summed E-state index contributed by atoms with van der Waals surface area (Å²) in [6.45, 7) is 5.60. The van der Waals surface area contributed by atoms with Crippen LogP contribution in [-0.4, -0.2) is 58.1 Å². The predicted molar refractivity (Wildman–Crippen MR) is 128 cm³/mol. The largest absolute Gasteiger partial charge is 0.371 e. The van der Waals surface area contributed by atoms with E-state index in [2.05, 4.69) is 41.1 Å². The molecule has 1 aliphatic heterocycles. The minimum atomic E-state index is -0.394. The van der Waals surface area contributed by atoms with Crippen LogP contribution in [0.5, 0.6) is 0 Å². The Labute approximate surface area is 190 Å².